The Morgan fingerprint density at radius 1 is 1.19 bits per heavy atom. The Morgan fingerprint density at radius 3 is 2.42 bits per heavy atom. The summed E-state index contributed by atoms with van der Waals surface area (Å²) in [6.07, 6.45) is 4.63. The van der Waals surface area contributed by atoms with Crippen LogP contribution in [0, 0.1) is 0 Å². The number of nitrogens with zero attached hydrogens (tertiary/aromatic N) is 3. The Kier molecular flexibility index (Phi) is 7.89. The molecule has 4 rings (SSSR count). The maximum Gasteiger partial charge on any atom is 0.264 e. The average Bonchev–Trinajstić information content (AvgIpc) is 3.04. The molecule has 0 spiro atoms. The van der Waals surface area contributed by atoms with Crippen LogP contribution in [0.3, 0.4) is 0 Å². The van der Waals surface area contributed by atoms with E-state index in [1.54, 1.807) is 24.8 Å². The molecule has 1 N–H and O–H groups in total. The summed E-state index contributed by atoms with van der Waals surface area (Å²) in [5.41, 5.74) is 0.745. The van der Waals surface area contributed by atoms with E-state index in [4.69, 9.17) is 4.74 Å². The van der Waals surface area contributed by atoms with Gasteiger partial charge in [-0.05, 0) is 57.0 Å². The van der Waals surface area contributed by atoms with Crippen LogP contribution in [-0.2, 0) is 14.8 Å². The zero-order valence-electron chi connectivity index (χ0n) is 21.8. The molecule has 2 aliphatic heterocycles. The standard InChI is InChI=1S/C26H38N4O5S/c1-17(2)30-24-9-7-6-8-18(24)12-23(26(30)32)25(31)27-19-13-20-10-11-21(14-19)29(20)16-22(35-4)15-28(3)36(5,33)34/h6-9,12,17,19-22H,10-11,13-16H2,1-5H3,(H,27,31)/t19?,20-,21+,22?. The topological polar surface area (TPSA) is 101 Å². The largest absolute Gasteiger partial charge is 0.379 e. The third kappa shape index (κ3) is 5.51. The zero-order valence-corrected chi connectivity index (χ0v) is 22.6. The van der Waals surface area contributed by atoms with Gasteiger partial charge in [0.05, 0.1) is 17.9 Å². The number of aromatic nitrogens is 1. The van der Waals surface area contributed by atoms with Crippen molar-refractivity contribution in [2.24, 2.45) is 0 Å². The van der Waals surface area contributed by atoms with Crippen molar-refractivity contribution in [3.8, 4) is 0 Å². The van der Waals surface area contributed by atoms with E-state index in [9.17, 15) is 18.0 Å². The highest BCUT2D eigenvalue weighted by Crippen LogP contribution is 2.36. The predicted molar refractivity (Wildman–Crippen MR) is 141 cm³/mol. The third-order valence-electron chi connectivity index (χ3n) is 7.70. The van der Waals surface area contributed by atoms with Crippen LogP contribution in [0.25, 0.3) is 10.9 Å². The van der Waals surface area contributed by atoms with Gasteiger partial charge in [-0.25, -0.2) is 12.7 Å². The van der Waals surface area contributed by atoms with Gasteiger partial charge in [0.25, 0.3) is 11.5 Å². The van der Waals surface area contributed by atoms with Gasteiger partial charge in [-0.15, -0.1) is 0 Å². The summed E-state index contributed by atoms with van der Waals surface area (Å²) in [4.78, 5) is 28.9. The van der Waals surface area contributed by atoms with E-state index in [-0.39, 0.29) is 35.2 Å². The second kappa shape index (κ2) is 10.6. The molecule has 4 atom stereocenters. The van der Waals surface area contributed by atoms with Crippen LogP contribution in [0.2, 0.25) is 0 Å². The lowest BCUT2D eigenvalue weighted by Gasteiger charge is -2.41. The maximum atomic E-state index is 13.3. The minimum Gasteiger partial charge on any atom is -0.379 e. The number of benzene rings is 1. The number of rotatable bonds is 9. The summed E-state index contributed by atoms with van der Waals surface area (Å²) in [5, 5.41) is 4.02. The van der Waals surface area contributed by atoms with Gasteiger partial charge >= 0.3 is 0 Å². The Labute approximate surface area is 213 Å². The molecule has 0 saturated carbocycles. The van der Waals surface area contributed by atoms with Crippen LogP contribution in [0.4, 0.5) is 0 Å². The van der Waals surface area contributed by atoms with Gasteiger partial charge in [0.2, 0.25) is 10.0 Å². The Balaban J connectivity index is 1.46. The van der Waals surface area contributed by atoms with Crippen molar-refractivity contribution in [1.82, 2.24) is 19.1 Å². The Morgan fingerprint density at radius 2 is 1.83 bits per heavy atom. The second-order valence-electron chi connectivity index (χ2n) is 10.5. The molecule has 198 valence electrons. The lowest BCUT2D eigenvalue weighted by molar-refractivity contribution is 0.0198. The highest BCUT2D eigenvalue weighted by atomic mass is 32.2. The first-order valence-corrected chi connectivity index (χ1v) is 14.5. The normalized spacial score (nSPS) is 23.5. The predicted octanol–water partition coefficient (Wildman–Crippen LogP) is 2.21. The molecular formula is C26H38N4O5S. The van der Waals surface area contributed by atoms with E-state index in [1.807, 2.05) is 38.1 Å². The summed E-state index contributed by atoms with van der Waals surface area (Å²) >= 11 is 0. The summed E-state index contributed by atoms with van der Waals surface area (Å²) in [5.74, 6) is -0.317. The average molecular weight is 519 g/mol. The molecule has 2 saturated heterocycles. The Hall–Kier alpha value is -2.27. The van der Waals surface area contributed by atoms with Crippen molar-refractivity contribution >= 4 is 26.8 Å². The van der Waals surface area contributed by atoms with E-state index in [0.29, 0.717) is 25.2 Å². The number of ether oxygens (including phenoxy) is 1. The van der Waals surface area contributed by atoms with Crippen molar-refractivity contribution in [1.29, 1.82) is 0 Å². The SMILES string of the molecule is COC(CN1[C@@H]2CC[C@H]1CC(NC(=O)c1cc3ccccc3n(C(C)C)c1=O)C2)CN(C)S(C)(=O)=O. The number of sulfonamides is 1. The summed E-state index contributed by atoms with van der Waals surface area (Å²) < 4.78 is 32.3. The molecule has 2 fully saturated rings. The molecule has 3 heterocycles. The molecule has 10 heteroatoms. The molecule has 0 radical (unpaired) electrons. The van der Waals surface area contributed by atoms with Crippen molar-refractivity contribution in [3.63, 3.8) is 0 Å². The molecule has 2 bridgehead atoms. The van der Waals surface area contributed by atoms with Crippen LogP contribution >= 0.6 is 0 Å². The number of fused-ring (bicyclic) bond motifs is 3. The van der Waals surface area contributed by atoms with Gasteiger partial charge in [-0.1, -0.05) is 18.2 Å². The van der Waals surface area contributed by atoms with E-state index in [0.717, 1.165) is 36.6 Å². The van der Waals surface area contributed by atoms with Gasteiger partial charge < -0.3 is 14.6 Å². The number of carbonyl (C=O) groups is 1. The lowest BCUT2D eigenvalue weighted by atomic mass is 9.96. The highest BCUT2D eigenvalue weighted by molar-refractivity contribution is 7.88. The fraction of sp³-hybridized carbons (Fsp3) is 0.615. The number of amides is 1. The second-order valence-corrected chi connectivity index (χ2v) is 12.6. The number of carbonyl (C=O) groups excluding carboxylic acids is 1. The third-order valence-corrected chi connectivity index (χ3v) is 8.98. The molecule has 2 aliphatic rings. The number of methoxy groups -OCH3 is 1. The number of pyridine rings is 1. The molecule has 1 amide bonds. The number of nitrogens with one attached hydrogen (secondary N) is 1. The van der Waals surface area contributed by atoms with Crippen molar-refractivity contribution in [2.45, 2.75) is 69.8 Å². The first kappa shape index (κ1) is 26.8. The maximum absolute atomic E-state index is 13.3. The highest BCUT2D eigenvalue weighted by Gasteiger charge is 2.42. The molecule has 36 heavy (non-hydrogen) atoms. The lowest BCUT2D eigenvalue weighted by Crippen LogP contribution is -2.53. The van der Waals surface area contributed by atoms with Crippen molar-refractivity contribution < 1.29 is 17.9 Å². The number of hydrogen-bond donors (Lipinski definition) is 1. The van der Waals surface area contributed by atoms with Gasteiger partial charge in [-0.2, -0.15) is 0 Å². The fourth-order valence-electron chi connectivity index (χ4n) is 5.78. The van der Waals surface area contributed by atoms with E-state index >= 15 is 0 Å². The summed E-state index contributed by atoms with van der Waals surface area (Å²) in [6, 6.07) is 9.86. The van der Waals surface area contributed by atoms with Crippen LogP contribution in [0.1, 0.15) is 55.9 Å². The van der Waals surface area contributed by atoms with Gasteiger partial charge in [-0.3, -0.25) is 14.5 Å². The minimum atomic E-state index is -3.27. The molecule has 1 aromatic carbocycles. The number of hydrogen-bond acceptors (Lipinski definition) is 6. The van der Waals surface area contributed by atoms with E-state index < -0.39 is 10.0 Å². The number of para-hydroxylation sites is 1. The quantitative estimate of drug-likeness (QED) is 0.546. The monoisotopic (exact) mass is 518 g/mol. The number of likely N-dealkylation sites (N-methyl/N-ethyl adjacent to an activating group) is 1. The molecular weight excluding hydrogens is 480 g/mol. The zero-order chi connectivity index (χ0) is 26.2. The minimum absolute atomic E-state index is 0.00990. The first-order chi connectivity index (χ1) is 17.0. The Bertz CT molecular complexity index is 1260. The molecule has 2 unspecified atom stereocenters. The van der Waals surface area contributed by atoms with Gasteiger partial charge in [0.1, 0.15) is 5.56 Å². The molecule has 1 aromatic heterocycles. The smallest absolute Gasteiger partial charge is 0.264 e. The summed E-state index contributed by atoms with van der Waals surface area (Å²) in [6.45, 7) is 4.85. The van der Waals surface area contributed by atoms with E-state index in [2.05, 4.69) is 10.2 Å². The first-order valence-electron chi connectivity index (χ1n) is 12.6. The van der Waals surface area contributed by atoms with Crippen LogP contribution < -0.4 is 10.9 Å². The van der Waals surface area contributed by atoms with Crippen molar-refractivity contribution in [3.05, 3.63) is 46.2 Å². The molecule has 0 aliphatic carbocycles. The van der Waals surface area contributed by atoms with Crippen LogP contribution in [0.5, 0.6) is 0 Å². The van der Waals surface area contributed by atoms with Crippen LogP contribution in [0.15, 0.2) is 35.1 Å². The number of piperidine rings is 1. The van der Waals surface area contributed by atoms with Gasteiger partial charge in [0, 0.05) is 51.4 Å². The molecule has 9 nitrogen and oxygen atoms in total. The van der Waals surface area contributed by atoms with Crippen molar-refractivity contribution in [2.75, 3.05) is 33.5 Å². The molecule has 2 aromatic rings. The summed E-state index contributed by atoms with van der Waals surface area (Å²) in [7, 11) is -0.0933. The fourth-order valence-corrected chi connectivity index (χ4v) is 6.22. The van der Waals surface area contributed by atoms with E-state index in [1.165, 1.54) is 10.6 Å². The van der Waals surface area contributed by atoms with Crippen LogP contribution in [-0.4, -0.2) is 85.8 Å². The van der Waals surface area contributed by atoms with Gasteiger partial charge in [0.15, 0.2) is 0 Å².